The number of rotatable bonds is 16. The highest BCUT2D eigenvalue weighted by Crippen LogP contribution is 2.36. The summed E-state index contributed by atoms with van der Waals surface area (Å²) in [6, 6.07) is 0. The number of ether oxygens (including phenoxy) is 2. The van der Waals surface area contributed by atoms with Crippen LogP contribution in [0, 0.1) is 10.8 Å². The second-order valence-corrected chi connectivity index (χ2v) is 11.2. The molecule has 8 nitrogen and oxygen atoms in total. The Morgan fingerprint density at radius 1 is 0.962 bits per heavy atom. The van der Waals surface area contributed by atoms with Crippen LogP contribution in [-0.4, -0.2) is 48.9 Å². The van der Waals surface area contributed by atoms with E-state index in [9.17, 15) is 9.13 Å². The summed E-state index contributed by atoms with van der Waals surface area (Å²) in [5.41, 5.74) is 5.13. The second kappa shape index (κ2) is 12.6. The summed E-state index contributed by atoms with van der Waals surface area (Å²) in [5.74, 6) is 0. The van der Waals surface area contributed by atoms with Crippen molar-refractivity contribution in [1.82, 2.24) is 5.09 Å². The van der Waals surface area contributed by atoms with Gasteiger partial charge in [-0.1, -0.05) is 27.7 Å². The fourth-order valence-corrected chi connectivity index (χ4v) is 3.50. The van der Waals surface area contributed by atoms with Crippen molar-refractivity contribution >= 4 is 15.7 Å². The Balaban J connectivity index is 3.66. The first kappa shape index (κ1) is 26.2. The summed E-state index contributed by atoms with van der Waals surface area (Å²) < 4.78 is 32.9. The standard InChI is InChI=1S/C16H38N2O6P2/c1-15(2,5-9-18-25(19)20)6-10-23-12-13-24-11-7-16(3,4)8-14-26(17,21)22/h25H,5-14H2,1-4H3,(H3,17,21,22)(H2,18,19,20). The highest BCUT2D eigenvalue weighted by molar-refractivity contribution is 7.55. The monoisotopic (exact) mass is 416 g/mol. The molecule has 10 heteroatoms. The molecule has 2 unspecified atom stereocenters. The quantitative estimate of drug-likeness (QED) is 0.223. The lowest BCUT2D eigenvalue weighted by atomic mass is 9.86. The maximum Gasteiger partial charge on any atom is 0.264 e. The van der Waals surface area contributed by atoms with Crippen LogP contribution in [0.1, 0.15) is 53.4 Å². The predicted molar refractivity (Wildman–Crippen MR) is 106 cm³/mol. The van der Waals surface area contributed by atoms with Crippen molar-refractivity contribution in [3.05, 3.63) is 0 Å². The Kier molecular flexibility index (Phi) is 12.7. The maximum atomic E-state index is 11.2. The minimum Gasteiger partial charge on any atom is -0.379 e. The van der Waals surface area contributed by atoms with E-state index in [0.717, 1.165) is 19.3 Å². The molecule has 26 heavy (non-hydrogen) atoms. The number of nitrogens with two attached hydrogens (primary N) is 1. The Morgan fingerprint density at radius 3 is 1.85 bits per heavy atom. The number of hydrogen-bond donors (Lipinski definition) is 4. The molecule has 0 aliphatic carbocycles. The van der Waals surface area contributed by atoms with E-state index in [-0.39, 0.29) is 17.0 Å². The van der Waals surface area contributed by atoms with Gasteiger partial charge in [0.2, 0.25) is 0 Å². The Hall–Kier alpha value is 0.220. The third-order valence-electron chi connectivity index (χ3n) is 4.41. The molecule has 0 aromatic carbocycles. The molecule has 0 aliphatic rings. The molecule has 158 valence electrons. The van der Waals surface area contributed by atoms with Crippen molar-refractivity contribution in [3.63, 3.8) is 0 Å². The van der Waals surface area contributed by atoms with Gasteiger partial charge in [-0.05, 0) is 36.5 Å². The van der Waals surface area contributed by atoms with E-state index in [4.69, 9.17) is 24.8 Å². The SMILES string of the molecule is CC(C)(CCN[PH](=O)O)CCOCCOCCC(C)(C)CCP(N)(=O)O. The van der Waals surface area contributed by atoms with E-state index >= 15 is 0 Å². The van der Waals surface area contributed by atoms with Crippen molar-refractivity contribution in [2.45, 2.75) is 53.4 Å². The van der Waals surface area contributed by atoms with Crippen molar-refractivity contribution in [2.75, 3.05) is 39.1 Å². The van der Waals surface area contributed by atoms with E-state index in [1.807, 2.05) is 13.8 Å². The first-order valence-electron chi connectivity index (χ1n) is 9.06. The summed E-state index contributed by atoms with van der Waals surface area (Å²) >= 11 is 0. The van der Waals surface area contributed by atoms with Gasteiger partial charge in [0.1, 0.15) is 0 Å². The highest BCUT2D eigenvalue weighted by atomic mass is 31.2. The molecule has 0 aromatic rings. The average molecular weight is 416 g/mol. The van der Waals surface area contributed by atoms with Gasteiger partial charge in [-0.15, -0.1) is 0 Å². The first-order chi connectivity index (χ1) is 11.8. The van der Waals surface area contributed by atoms with Crippen LogP contribution < -0.4 is 10.6 Å². The smallest absolute Gasteiger partial charge is 0.264 e. The predicted octanol–water partition coefficient (Wildman–Crippen LogP) is 2.75. The zero-order valence-electron chi connectivity index (χ0n) is 16.6. The van der Waals surface area contributed by atoms with Crippen LogP contribution >= 0.6 is 15.7 Å². The topological polar surface area (TPSA) is 131 Å². The van der Waals surface area contributed by atoms with Crippen molar-refractivity contribution in [3.8, 4) is 0 Å². The van der Waals surface area contributed by atoms with Crippen molar-refractivity contribution in [1.29, 1.82) is 0 Å². The largest absolute Gasteiger partial charge is 0.379 e. The van der Waals surface area contributed by atoms with Gasteiger partial charge in [0.25, 0.3) is 15.7 Å². The van der Waals surface area contributed by atoms with E-state index in [1.54, 1.807) is 0 Å². The van der Waals surface area contributed by atoms with Gasteiger partial charge in [0, 0.05) is 25.9 Å². The molecule has 0 rings (SSSR count). The molecule has 5 N–H and O–H groups in total. The highest BCUT2D eigenvalue weighted by Gasteiger charge is 2.22. The van der Waals surface area contributed by atoms with Crippen LogP contribution in [0.2, 0.25) is 0 Å². The van der Waals surface area contributed by atoms with Gasteiger partial charge in [-0.3, -0.25) is 14.6 Å². The van der Waals surface area contributed by atoms with Crippen molar-refractivity contribution < 1.29 is 28.4 Å². The van der Waals surface area contributed by atoms with Gasteiger partial charge in [0.15, 0.2) is 0 Å². The lowest BCUT2D eigenvalue weighted by Crippen LogP contribution is -2.21. The fraction of sp³-hybridized carbons (Fsp3) is 1.00. The molecule has 0 bridgehead atoms. The molecule has 0 heterocycles. The van der Waals surface area contributed by atoms with Crippen LogP contribution in [-0.2, 0) is 18.6 Å². The molecular weight excluding hydrogens is 378 g/mol. The molecule has 0 spiro atoms. The van der Waals surface area contributed by atoms with Gasteiger partial charge in [-0.2, -0.15) is 0 Å². The molecule has 0 radical (unpaired) electrons. The number of hydrogen-bond acceptors (Lipinski definition) is 4. The summed E-state index contributed by atoms with van der Waals surface area (Å²) in [4.78, 5) is 17.9. The molecule has 0 saturated heterocycles. The summed E-state index contributed by atoms with van der Waals surface area (Å²) in [6.07, 6.45) is 3.19. The zero-order valence-corrected chi connectivity index (χ0v) is 18.5. The van der Waals surface area contributed by atoms with Gasteiger partial charge < -0.3 is 19.3 Å². The minimum absolute atomic E-state index is 0.0460. The Labute approximate surface area is 158 Å². The fourth-order valence-electron chi connectivity index (χ4n) is 2.24. The van der Waals surface area contributed by atoms with Crippen LogP contribution in [0.15, 0.2) is 0 Å². The van der Waals surface area contributed by atoms with Crippen LogP contribution in [0.5, 0.6) is 0 Å². The first-order valence-corrected chi connectivity index (χ1v) is 12.3. The molecule has 0 amide bonds. The van der Waals surface area contributed by atoms with Crippen molar-refractivity contribution in [2.24, 2.45) is 16.3 Å². The molecule has 2 atom stereocenters. The van der Waals surface area contributed by atoms with Crippen LogP contribution in [0.3, 0.4) is 0 Å². The summed E-state index contributed by atoms with van der Waals surface area (Å²) in [7, 11) is -6.03. The Bertz CT molecular complexity index is 454. The maximum absolute atomic E-state index is 11.2. The van der Waals surface area contributed by atoms with Crippen LogP contribution in [0.4, 0.5) is 0 Å². The van der Waals surface area contributed by atoms with E-state index < -0.39 is 15.7 Å². The lowest BCUT2D eigenvalue weighted by Gasteiger charge is -2.25. The molecule has 0 saturated carbocycles. The zero-order chi connectivity index (χ0) is 20.3. The van der Waals surface area contributed by atoms with E-state index in [1.165, 1.54) is 0 Å². The molecule has 0 aromatic heterocycles. The lowest BCUT2D eigenvalue weighted by molar-refractivity contribution is 0.0280. The molecule has 0 fully saturated rings. The third-order valence-corrected chi connectivity index (χ3v) is 5.82. The van der Waals surface area contributed by atoms with E-state index in [0.29, 0.717) is 39.4 Å². The summed E-state index contributed by atoms with van der Waals surface area (Å²) in [6.45, 7) is 11.0. The normalized spacial score (nSPS) is 16.4. The minimum atomic E-state index is -3.44. The third kappa shape index (κ3) is 17.6. The summed E-state index contributed by atoms with van der Waals surface area (Å²) in [5, 5.41) is 2.56. The van der Waals surface area contributed by atoms with Gasteiger partial charge in [-0.25, -0.2) is 5.09 Å². The van der Waals surface area contributed by atoms with Crippen LogP contribution in [0.25, 0.3) is 0 Å². The molecule has 0 aliphatic heterocycles. The van der Waals surface area contributed by atoms with Gasteiger partial charge in [0.05, 0.1) is 13.2 Å². The van der Waals surface area contributed by atoms with E-state index in [2.05, 4.69) is 18.9 Å². The average Bonchev–Trinajstić information content (AvgIpc) is 2.46. The number of nitrogens with one attached hydrogen (secondary N) is 1. The van der Waals surface area contributed by atoms with Gasteiger partial charge >= 0.3 is 0 Å². The molecular formula is C16H38N2O6P2. The second-order valence-electron chi connectivity index (χ2n) is 8.26. The Morgan fingerprint density at radius 2 is 1.42 bits per heavy atom.